The van der Waals surface area contributed by atoms with Gasteiger partial charge in [0, 0.05) is 12.1 Å². The molecular weight excluding hydrogens is 232 g/mol. The fraction of sp³-hybridized carbons (Fsp3) is 0.500. The molecule has 1 amide bonds. The van der Waals surface area contributed by atoms with Crippen molar-refractivity contribution in [3.63, 3.8) is 0 Å². The van der Waals surface area contributed by atoms with Gasteiger partial charge in [0.2, 0.25) is 0 Å². The van der Waals surface area contributed by atoms with E-state index in [0.29, 0.717) is 9.90 Å². The van der Waals surface area contributed by atoms with Crippen LogP contribution in [0.4, 0.5) is 0 Å². The topological polar surface area (TPSA) is 55.1 Å². The zero-order valence-electron chi connectivity index (χ0n) is 8.42. The van der Waals surface area contributed by atoms with Gasteiger partial charge < -0.3 is 11.1 Å². The third-order valence-corrected chi connectivity index (χ3v) is 4.31. The fourth-order valence-electron chi connectivity index (χ4n) is 1.61. The minimum absolute atomic E-state index is 0.0741. The Morgan fingerprint density at radius 3 is 2.80 bits per heavy atom. The summed E-state index contributed by atoms with van der Waals surface area (Å²) in [5.74, 6) is -0.0741. The van der Waals surface area contributed by atoms with E-state index in [9.17, 15) is 4.79 Å². The van der Waals surface area contributed by atoms with Gasteiger partial charge in [-0.1, -0.05) is 11.6 Å². The van der Waals surface area contributed by atoms with Crippen molar-refractivity contribution in [3.8, 4) is 0 Å². The highest BCUT2D eigenvalue weighted by molar-refractivity contribution is 7.13. The van der Waals surface area contributed by atoms with E-state index in [1.165, 1.54) is 11.3 Å². The van der Waals surface area contributed by atoms with Crippen molar-refractivity contribution in [2.45, 2.75) is 31.8 Å². The number of thiophene rings is 1. The summed E-state index contributed by atoms with van der Waals surface area (Å²) in [6, 6.07) is 0.474. The van der Waals surface area contributed by atoms with Crippen LogP contribution < -0.4 is 11.1 Å². The molecule has 1 aliphatic carbocycles. The van der Waals surface area contributed by atoms with E-state index in [2.05, 4.69) is 5.32 Å². The maximum atomic E-state index is 11.8. The van der Waals surface area contributed by atoms with Gasteiger partial charge in [0.1, 0.15) is 4.88 Å². The molecule has 1 fully saturated rings. The van der Waals surface area contributed by atoms with E-state index in [4.69, 9.17) is 17.3 Å². The Balaban J connectivity index is 1.99. The molecule has 2 rings (SSSR count). The third-order valence-electron chi connectivity index (χ3n) is 2.62. The average Bonchev–Trinajstić information content (AvgIpc) is 2.45. The van der Waals surface area contributed by atoms with Gasteiger partial charge in [0.25, 0.3) is 5.91 Å². The molecule has 3 nitrogen and oxygen atoms in total. The number of carbonyl (C=O) groups excluding carboxylic acids is 1. The van der Waals surface area contributed by atoms with E-state index in [-0.39, 0.29) is 18.0 Å². The van der Waals surface area contributed by atoms with Crippen molar-refractivity contribution in [2.24, 2.45) is 5.73 Å². The smallest absolute Gasteiger partial charge is 0.263 e. The van der Waals surface area contributed by atoms with Crippen molar-refractivity contribution in [1.29, 1.82) is 0 Å². The molecular formula is C10H13ClN2OS. The molecule has 82 valence electrons. The summed E-state index contributed by atoms with van der Waals surface area (Å²) >= 11 is 7.39. The lowest BCUT2D eigenvalue weighted by Gasteiger charge is -2.32. The summed E-state index contributed by atoms with van der Waals surface area (Å²) in [5.41, 5.74) is 6.60. The van der Waals surface area contributed by atoms with Crippen LogP contribution in [0.3, 0.4) is 0 Å². The van der Waals surface area contributed by atoms with Crippen LogP contribution in [0.5, 0.6) is 0 Å². The van der Waals surface area contributed by atoms with Gasteiger partial charge in [-0.15, -0.1) is 11.3 Å². The van der Waals surface area contributed by atoms with Crippen LogP contribution in [-0.4, -0.2) is 18.0 Å². The summed E-state index contributed by atoms with van der Waals surface area (Å²) in [4.78, 5) is 12.4. The van der Waals surface area contributed by atoms with Crippen LogP contribution in [0, 0.1) is 6.92 Å². The second-order valence-electron chi connectivity index (χ2n) is 3.96. The Kier molecular flexibility index (Phi) is 3.00. The number of amides is 1. The van der Waals surface area contributed by atoms with Crippen molar-refractivity contribution < 1.29 is 4.79 Å². The summed E-state index contributed by atoms with van der Waals surface area (Å²) in [6.45, 7) is 1.90. The number of halogens is 1. The molecule has 1 aromatic heterocycles. The van der Waals surface area contributed by atoms with Gasteiger partial charge in [0.05, 0.1) is 5.02 Å². The molecule has 0 saturated heterocycles. The predicted octanol–water partition coefficient (Wildman–Crippen LogP) is 1.93. The first-order chi connectivity index (χ1) is 7.08. The summed E-state index contributed by atoms with van der Waals surface area (Å²) in [6.07, 6.45) is 1.74. The van der Waals surface area contributed by atoms with Gasteiger partial charge in [-0.25, -0.2) is 0 Å². The highest BCUT2D eigenvalue weighted by atomic mass is 35.5. The Labute approximate surface area is 97.6 Å². The molecule has 0 atom stereocenters. The number of rotatable bonds is 2. The van der Waals surface area contributed by atoms with E-state index in [0.717, 1.165) is 18.4 Å². The lowest BCUT2D eigenvalue weighted by molar-refractivity contribution is 0.0914. The summed E-state index contributed by atoms with van der Waals surface area (Å²) < 4.78 is 0. The SMILES string of the molecule is Cc1csc(C(=O)NC2CC(N)C2)c1Cl. The normalized spacial score (nSPS) is 24.7. The minimum atomic E-state index is -0.0741. The molecule has 0 radical (unpaired) electrons. The highest BCUT2D eigenvalue weighted by Gasteiger charge is 2.28. The van der Waals surface area contributed by atoms with Gasteiger partial charge in [0.15, 0.2) is 0 Å². The second kappa shape index (κ2) is 4.12. The number of nitrogens with two attached hydrogens (primary N) is 1. The van der Waals surface area contributed by atoms with Crippen molar-refractivity contribution in [2.75, 3.05) is 0 Å². The third kappa shape index (κ3) is 2.17. The maximum absolute atomic E-state index is 11.8. The molecule has 1 heterocycles. The van der Waals surface area contributed by atoms with E-state index in [1.807, 2.05) is 12.3 Å². The number of hydrogen-bond donors (Lipinski definition) is 2. The molecule has 0 aromatic carbocycles. The Bertz CT molecular complexity index is 385. The molecule has 15 heavy (non-hydrogen) atoms. The standard InChI is InChI=1S/C10H13ClN2OS/c1-5-4-15-9(8(5)11)10(14)13-7-2-6(12)3-7/h4,6-7H,2-3,12H2,1H3,(H,13,14). The Morgan fingerprint density at radius 1 is 1.67 bits per heavy atom. The van der Waals surface area contributed by atoms with E-state index < -0.39 is 0 Å². The number of carbonyl (C=O) groups is 1. The number of aryl methyl sites for hydroxylation is 1. The van der Waals surface area contributed by atoms with Gasteiger partial charge in [-0.2, -0.15) is 0 Å². The van der Waals surface area contributed by atoms with Crippen LogP contribution in [0.15, 0.2) is 5.38 Å². The lowest BCUT2D eigenvalue weighted by Crippen LogP contribution is -2.50. The quantitative estimate of drug-likeness (QED) is 0.835. The highest BCUT2D eigenvalue weighted by Crippen LogP contribution is 2.27. The molecule has 0 spiro atoms. The Hall–Kier alpha value is -0.580. The van der Waals surface area contributed by atoms with Crippen LogP contribution >= 0.6 is 22.9 Å². The molecule has 0 bridgehead atoms. The molecule has 0 aliphatic heterocycles. The predicted molar refractivity (Wildman–Crippen MR) is 62.5 cm³/mol. The molecule has 1 aromatic rings. The van der Waals surface area contributed by atoms with Crippen LogP contribution in [0.25, 0.3) is 0 Å². The van der Waals surface area contributed by atoms with Crippen molar-refractivity contribution >= 4 is 28.8 Å². The van der Waals surface area contributed by atoms with Crippen LogP contribution in [-0.2, 0) is 0 Å². The fourth-order valence-corrected chi connectivity index (χ4v) is 2.80. The van der Waals surface area contributed by atoms with Gasteiger partial charge in [-0.05, 0) is 30.7 Å². The zero-order valence-corrected chi connectivity index (χ0v) is 9.99. The lowest BCUT2D eigenvalue weighted by atomic mass is 9.87. The number of nitrogens with one attached hydrogen (secondary N) is 1. The second-order valence-corrected chi connectivity index (χ2v) is 5.22. The molecule has 5 heteroatoms. The largest absolute Gasteiger partial charge is 0.348 e. The molecule has 0 unspecified atom stereocenters. The molecule has 1 saturated carbocycles. The molecule has 3 N–H and O–H groups in total. The van der Waals surface area contributed by atoms with Gasteiger partial charge in [-0.3, -0.25) is 4.79 Å². The zero-order chi connectivity index (χ0) is 11.0. The monoisotopic (exact) mass is 244 g/mol. The van der Waals surface area contributed by atoms with Crippen LogP contribution in [0.2, 0.25) is 5.02 Å². The minimum Gasteiger partial charge on any atom is -0.348 e. The van der Waals surface area contributed by atoms with Crippen molar-refractivity contribution in [1.82, 2.24) is 5.32 Å². The first-order valence-corrected chi connectivity index (χ1v) is 6.13. The van der Waals surface area contributed by atoms with Crippen LogP contribution in [0.1, 0.15) is 28.1 Å². The average molecular weight is 245 g/mol. The molecule has 1 aliphatic rings. The van der Waals surface area contributed by atoms with Crippen molar-refractivity contribution in [3.05, 3.63) is 20.8 Å². The summed E-state index contributed by atoms with van der Waals surface area (Å²) in [7, 11) is 0. The van der Waals surface area contributed by atoms with E-state index in [1.54, 1.807) is 0 Å². The number of hydrogen-bond acceptors (Lipinski definition) is 3. The first kappa shape index (κ1) is 10.9. The van der Waals surface area contributed by atoms with Gasteiger partial charge >= 0.3 is 0 Å². The summed E-state index contributed by atoms with van der Waals surface area (Å²) in [5, 5.41) is 5.39. The maximum Gasteiger partial charge on any atom is 0.263 e. The van der Waals surface area contributed by atoms with E-state index >= 15 is 0 Å². The Morgan fingerprint density at radius 2 is 2.33 bits per heavy atom. The first-order valence-electron chi connectivity index (χ1n) is 4.88.